The van der Waals surface area contributed by atoms with Gasteiger partial charge in [-0.2, -0.15) is 11.8 Å². The molecular weight excluding hydrogens is 297 g/mol. The Balaban J connectivity index is 2.41. The van der Waals surface area contributed by atoms with E-state index in [1.165, 1.54) is 0 Å². The van der Waals surface area contributed by atoms with Crippen LogP contribution in [0.1, 0.15) is 5.56 Å². The summed E-state index contributed by atoms with van der Waals surface area (Å²) in [6.45, 7) is 5.20. The summed E-state index contributed by atoms with van der Waals surface area (Å²) in [5.41, 5.74) is 0.856. The van der Waals surface area contributed by atoms with Crippen LogP contribution in [0, 0.1) is 0 Å². The van der Waals surface area contributed by atoms with Crippen molar-refractivity contribution in [3.8, 4) is 0 Å². The second-order valence-electron chi connectivity index (χ2n) is 3.36. The third-order valence-electron chi connectivity index (χ3n) is 2.10. The van der Waals surface area contributed by atoms with Crippen LogP contribution in [-0.2, 0) is 6.54 Å². The highest BCUT2D eigenvalue weighted by molar-refractivity contribution is 7.99. The van der Waals surface area contributed by atoms with E-state index in [9.17, 15) is 0 Å². The fourth-order valence-electron chi connectivity index (χ4n) is 1.26. The zero-order valence-corrected chi connectivity index (χ0v) is 12.4. The molecule has 0 bridgehead atoms. The summed E-state index contributed by atoms with van der Waals surface area (Å²) in [5.74, 6) is 2.00. The average Bonchev–Trinajstić information content (AvgIpc) is 2.32. The minimum atomic E-state index is 0.533. The van der Waals surface area contributed by atoms with Gasteiger partial charge in [0.2, 0.25) is 0 Å². The Kier molecular flexibility index (Phi) is 7.40. The number of rotatable bonds is 7. The fraction of sp³-hybridized carbons (Fsp3) is 0.333. The molecule has 0 fully saturated rings. The molecule has 1 aromatic rings. The maximum Gasteiger partial charge on any atom is 0.0652 e. The molecule has 0 saturated carbocycles. The Labute approximate surface area is 122 Å². The normalized spacial score (nSPS) is 10.5. The standard InChI is InChI=1S/C12H14Cl3NS/c1-2-6-17-7-5-16-8-9-10(13)3-4-11(14)12(9)15/h2-4,16H,1,5-8H2. The quantitative estimate of drug-likeness (QED) is 0.447. The molecule has 1 aromatic carbocycles. The van der Waals surface area contributed by atoms with Gasteiger partial charge in [0, 0.05) is 35.2 Å². The predicted octanol–water partition coefficient (Wildman–Crippen LogP) is 4.66. The first-order valence-electron chi connectivity index (χ1n) is 5.18. The third-order valence-corrected chi connectivity index (χ3v) is 4.26. The maximum absolute atomic E-state index is 6.09. The molecule has 1 nitrogen and oxygen atoms in total. The van der Waals surface area contributed by atoms with Crippen LogP contribution in [0.3, 0.4) is 0 Å². The Morgan fingerprint density at radius 1 is 1.24 bits per heavy atom. The largest absolute Gasteiger partial charge is 0.312 e. The lowest BCUT2D eigenvalue weighted by atomic mass is 10.2. The molecule has 5 heteroatoms. The molecule has 94 valence electrons. The SMILES string of the molecule is C=CCSCCNCc1c(Cl)ccc(Cl)c1Cl. The molecule has 0 aromatic heterocycles. The molecule has 0 aliphatic rings. The van der Waals surface area contributed by atoms with Gasteiger partial charge in [-0.15, -0.1) is 6.58 Å². The van der Waals surface area contributed by atoms with Gasteiger partial charge in [-0.25, -0.2) is 0 Å². The van der Waals surface area contributed by atoms with Crippen molar-refractivity contribution in [2.75, 3.05) is 18.1 Å². The number of benzene rings is 1. The van der Waals surface area contributed by atoms with Gasteiger partial charge in [-0.3, -0.25) is 0 Å². The number of nitrogens with one attached hydrogen (secondary N) is 1. The van der Waals surface area contributed by atoms with E-state index in [0.717, 1.165) is 23.6 Å². The zero-order chi connectivity index (χ0) is 12.7. The summed E-state index contributed by atoms with van der Waals surface area (Å²) < 4.78 is 0. The lowest BCUT2D eigenvalue weighted by Crippen LogP contribution is -2.17. The van der Waals surface area contributed by atoms with Gasteiger partial charge in [0.1, 0.15) is 0 Å². The van der Waals surface area contributed by atoms with Crippen molar-refractivity contribution in [2.24, 2.45) is 0 Å². The van der Waals surface area contributed by atoms with E-state index in [2.05, 4.69) is 11.9 Å². The highest BCUT2D eigenvalue weighted by Crippen LogP contribution is 2.31. The van der Waals surface area contributed by atoms with Crippen LogP contribution in [0.25, 0.3) is 0 Å². The van der Waals surface area contributed by atoms with Gasteiger partial charge < -0.3 is 5.32 Å². The molecule has 0 amide bonds. The van der Waals surface area contributed by atoms with Gasteiger partial charge in [0.25, 0.3) is 0 Å². The summed E-state index contributed by atoms with van der Waals surface area (Å²) in [6.07, 6.45) is 1.90. The van der Waals surface area contributed by atoms with Gasteiger partial charge in [-0.05, 0) is 12.1 Å². The van der Waals surface area contributed by atoms with E-state index < -0.39 is 0 Å². The van der Waals surface area contributed by atoms with Crippen molar-refractivity contribution in [2.45, 2.75) is 6.54 Å². The Morgan fingerprint density at radius 3 is 2.65 bits per heavy atom. The van der Waals surface area contributed by atoms with Crippen LogP contribution >= 0.6 is 46.6 Å². The molecular formula is C12H14Cl3NS. The second-order valence-corrected chi connectivity index (χ2v) is 5.70. The van der Waals surface area contributed by atoms with Gasteiger partial charge in [0.15, 0.2) is 0 Å². The molecule has 0 aliphatic heterocycles. The van der Waals surface area contributed by atoms with Crippen LogP contribution in [0.2, 0.25) is 15.1 Å². The van der Waals surface area contributed by atoms with E-state index in [1.54, 1.807) is 12.1 Å². The maximum atomic E-state index is 6.09. The van der Waals surface area contributed by atoms with Crippen molar-refractivity contribution in [3.05, 3.63) is 45.4 Å². The monoisotopic (exact) mass is 309 g/mol. The molecule has 1 rings (SSSR count). The lowest BCUT2D eigenvalue weighted by Gasteiger charge is -2.09. The summed E-state index contributed by atoms with van der Waals surface area (Å²) in [7, 11) is 0. The minimum Gasteiger partial charge on any atom is -0.312 e. The zero-order valence-electron chi connectivity index (χ0n) is 9.31. The number of hydrogen-bond donors (Lipinski definition) is 1. The van der Waals surface area contributed by atoms with Gasteiger partial charge >= 0.3 is 0 Å². The summed E-state index contributed by atoms with van der Waals surface area (Å²) in [5, 5.41) is 5.00. The summed E-state index contributed by atoms with van der Waals surface area (Å²) in [4.78, 5) is 0. The van der Waals surface area contributed by atoms with Crippen LogP contribution in [0.4, 0.5) is 0 Å². The molecule has 17 heavy (non-hydrogen) atoms. The Hall–Kier alpha value is 0.140. The van der Waals surface area contributed by atoms with E-state index in [1.807, 2.05) is 17.8 Å². The van der Waals surface area contributed by atoms with Crippen molar-refractivity contribution in [1.82, 2.24) is 5.32 Å². The van der Waals surface area contributed by atoms with Crippen LogP contribution in [-0.4, -0.2) is 18.1 Å². The Bertz CT molecular complexity index is 382. The van der Waals surface area contributed by atoms with Gasteiger partial charge in [0.05, 0.1) is 10.0 Å². The van der Waals surface area contributed by atoms with Gasteiger partial charge in [-0.1, -0.05) is 40.9 Å². The molecule has 0 spiro atoms. The van der Waals surface area contributed by atoms with Crippen LogP contribution in [0.5, 0.6) is 0 Å². The van der Waals surface area contributed by atoms with Crippen molar-refractivity contribution < 1.29 is 0 Å². The summed E-state index contributed by atoms with van der Waals surface area (Å²) >= 11 is 19.9. The summed E-state index contributed by atoms with van der Waals surface area (Å²) in [6, 6.07) is 3.47. The van der Waals surface area contributed by atoms with Crippen LogP contribution in [0.15, 0.2) is 24.8 Å². The number of halogens is 3. The van der Waals surface area contributed by atoms with Crippen molar-refractivity contribution in [3.63, 3.8) is 0 Å². The number of hydrogen-bond acceptors (Lipinski definition) is 2. The first-order valence-corrected chi connectivity index (χ1v) is 7.47. The van der Waals surface area contributed by atoms with E-state index in [0.29, 0.717) is 21.6 Å². The molecule has 0 unspecified atom stereocenters. The minimum absolute atomic E-state index is 0.533. The molecule has 0 heterocycles. The smallest absolute Gasteiger partial charge is 0.0652 e. The predicted molar refractivity (Wildman–Crippen MR) is 80.7 cm³/mol. The molecule has 0 saturated heterocycles. The van der Waals surface area contributed by atoms with Crippen LogP contribution < -0.4 is 5.32 Å². The van der Waals surface area contributed by atoms with Crippen molar-refractivity contribution >= 4 is 46.6 Å². The first kappa shape index (κ1) is 15.2. The first-order chi connectivity index (χ1) is 8.16. The molecule has 0 atom stereocenters. The third kappa shape index (κ3) is 5.11. The highest BCUT2D eigenvalue weighted by Gasteiger charge is 2.08. The van der Waals surface area contributed by atoms with E-state index in [-0.39, 0.29) is 0 Å². The molecule has 0 radical (unpaired) electrons. The molecule has 0 aliphatic carbocycles. The van der Waals surface area contributed by atoms with E-state index in [4.69, 9.17) is 34.8 Å². The second kappa shape index (κ2) is 8.28. The molecule has 1 N–H and O–H groups in total. The lowest BCUT2D eigenvalue weighted by molar-refractivity contribution is 0.732. The van der Waals surface area contributed by atoms with E-state index >= 15 is 0 Å². The van der Waals surface area contributed by atoms with Crippen molar-refractivity contribution in [1.29, 1.82) is 0 Å². The topological polar surface area (TPSA) is 12.0 Å². The average molecular weight is 311 g/mol. The highest BCUT2D eigenvalue weighted by atomic mass is 35.5. The fourth-order valence-corrected chi connectivity index (χ4v) is 2.56. The number of thioether (sulfide) groups is 1. The Morgan fingerprint density at radius 2 is 1.94 bits per heavy atom.